The lowest BCUT2D eigenvalue weighted by molar-refractivity contribution is 0.415. The summed E-state index contributed by atoms with van der Waals surface area (Å²) >= 11 is 0. The van der Waals surface area contributed by atoms with Crippen LogP contribution in [-0.4, -0.2) is 26.7 Å². The highest BCUT2D eigenvalue weighted by molar-refractivity contribution is 5.91. The minimum absolute atomic E-state index is 0.678. The van der Waals surface area contributed by atoms with Crippen LogP contribution in [0.4, 0.5) is 0 Å². The van der Waals surface area contributed by atoms with Gasteiger partial charge in [-0.1, -0.05) is 6.07 Å². The first-order valence-electron chi connectivity index (χ1n) is 7.01. The molecule has 0 aliphatic heterocycles. The third kappa shape index (κ3) is 1.98. The van der Waals surface area contributed by atoms with Crippen molar-refractivity contribution in [3.63, 3.8) is 0 Å². The van der Waals surface area contributed by atoms with Crippen LogP contribution in [0.25, 0.3) is 27.9 Å². The van der Waals surface area contributed by atoms with Crippen LogP contribution < -0.4 is 4.74 Å². The molecule has 4 aromatic rings. The third-order valence-corrected chi connectivity index (χ3v) is 3.68. The van der Waals surface area contributed by atoms with Crippen molar-refractivity contribution < 1.29 is 4.74 Å². The molecule has 2 heterocycles. The van der Waals surface area contributed by atoms with Crippen molar-refractivity contribution in [1.82, 2.24) is 19.6 Å². The number of hydrogen-bond acceptors (Lipinski definition) is 4. The first kappa shape index (κ1) is 12.8. The number of fused-ring (bicyclic) bond motifs is 3. The van der Waals surface area contributed by atoms with Crippen LogP contribution in [0.3, 0.4) is 0 Å². The summed E-state index contributed by atoms with van der Waals surface area (Å²) in [6.07, 6.45) is 1.71. The number of nitrogens with zero attached hydrogens (tertiary/aromatic N) is 4. The smallest absolute Gasteiger partial charge is 0.182 e. The summed E-state index contributed by atoms with van der Waals surface area (Å²) < 4.78 is 6.90. The van der Waals surface area contributed by atoms with Crippen LogP contribution >= 0.6 is 0 Å². The maximum absolute atomic E-state index is 5.18. The van der Waals surface area contributed by atoms with Crippen LogP contribution in [0.1, 0.15) is 5.56 Å². The average molecular weight is 290 g/mol. The van der Waals surface area contributed by atoms with Gasteiger partial charge >= 0.3 is 0 Å². The summed E-state index contributed by atoms with van der Waals surface area (Å²) in [6, 6.07) is 13.9. The first-order valence-corrected chi connectivity index (χ1v) is 7.01. The predicted octanol–water partition coefficient (Wildman–Crippen LogP) is 3.26. The molecule has 0 aliphatic carbocycles. The molecule has 0 amide bonds. The Balaban J connectivity index is 1.90. The van der Waals surface area contributed by atoms with Gasteiger partial charge in [0.05, 0.1) is 12.6 Å². The molecule has 0 unspecified atom stereocenters. The van der Waals surface area contributed by atoms with E-state index in [0.717, 1.165) is 27.9 Å². The van der Waals surface area contributed by atoms with Gasteiger partial charge in [-0.3, -0.25) is 0 Å². The van der Waals surface area contributed by atoms with Crippen molar-refractivity contribution >= 4 is 16.6 Å². The number of benzene rings is 2. The standard InChI is InChI=1S/C17H14N4O/c1-11-3-8-14-15(9-11)18-10-21-17(14)19-16(20-21)12-4-6-13(22-2)7-5-12/h3-10H,1-2H3. The van der Waals surface area contributed by atoms with Crippen molar-refractivity contribution in [2.24, 2.45) is 0 Å². The Morgan fingerprint density at radius 3 is 2.64 bits per heavy atom. The molecule has 5 nitrogen and oxygen atoms in total. The third-order valence-electron chi connectivity index (χ3n) is 3.68. The van der Waals surface area contributed by atoms with E-state index in [4.69, 9.17) is 4.74 Å². The van der Waals surface area contributed by atoms with Gasteiger partial charge in [-0.05, 0) is 48.9 Å². The Labute approximate surface area is 127 Å². The Morgan fingerprint density at radius 1 is 1.05 bits per heavy atom. The quantitative estimate of drug-likeness (QED) is 0.568. The molecule has 0 N–H and O–H groups in total. The first-order chi connectivity index (χ1) is 10.7. The number of ether oxygens (including phenoxy) is 1. The SMILES string of the molecule is COc1ccc(-c2nc3c4ccc(C)cc4ncn3n2)cc1. The van der Waals surface area contributed by atoms with E-state index < -0.39 is 0 Å². The van der Waals surface area contributed by atoms with E-state index in [2.05, 4.69) is 34.1 Å². The fourth-order valence-electron chi connectivity index (χ4n) is 2.50. The van der Waals surface area contributed by atoms with Crippen LogP contribution in [0.15, 0.2) is 48.8 Å². The summed E-state index contributed by atoms with van der Waals surface area (Å²) in [7, 11) is 1.65. The second kappa shape index (κ2) is 4.80. The Bertz CT molecular complexity index is 973. The molecule has 2 aromatic carbocycles. The molecule has 5 heteroatoms. The maximum atomic E-state index is 5.18. The van der Waals surface area contributed by atoms with E-state index in [1.807, 2.05) is 30.3 Å². The largest absolute Gasteiger partial charge is 0.497 e. The number of aryl methyl sites for hydroxylation is 1. The second-order valence-electron chi connectivity index (χ2n) is 5.20. The molecule has 0 aliphatic rings. The number of methoxy groups -OCH3 is 1. The zero-order valence-electron chi connectivity index (χ0n) is 12.3. The topological polar surface area (TPSA) is 52.3 Å². The Kier molecular flexibility index (Phi) is 2.79. The van der Waals surface area contributed by atoms with E-state index in [1.165, 1.54) is 5.56 Å². The molecule has 0 spiro atoms. The fraction of sp³-hybridized carbons (Fsp3) is 0.118. The van der Waals surface area contributed by atoms with E-state index in [-0.39, 0.29) is 0 Å². The fourth-order valence-corrected chi connectivity index (χ4v) is 2.50. The zero-order valence-corrected chi connectivity index (χ0v) is 12.3. The van der Waals surface area contributed by atoms with Crippen molar-refractivity contribution in [1.29, 1.82) is 0 Å². The molecule has 0 radical (unpaired) electrons. The van der Waals surface area contributed by atoms with Crippen molar-refractivity contribution in [3.05, 3.63) is 54.4 Å². The van der Waals surface area contributed by atoms with E-state index in [9.17, 15) is 0 Å². The van der Waals surface area contributed by atoms with E-state index in [1.54, 1.807) is 18.0 Å². The number of rotatable bonds is 2. The van der Waals surface area contributed by atoms with Gasteiger partial charge in [0.2, 0.25) is 0 Å². The minimum Gasteiger partial charge on any atom is -0.497 e. The highest BCUT2D eigenvalue weighted by Gasteiger charge is 2.10. The summed E-state index contributed by atoms with van der Waals surface area (Å²) in [5.74, 6) is 1.49. The summed E-state index contributed by atoms with van der Waals surface area (Å²) in [5, 5.41) is 5.51. The van der Waals surface area contributed by atoms with Gasteiger partial charge in [-0.15, -0.1) is 5.10 Å². The van der Waals surface area contributed by atoms with Crippen LogP contribution in [-0.2, 0) is 0 Å². The van der Waals surface area contributed by atoms with E-state index in [0.29, 0.717) is 5.82 Å². The Morgan fingerprint density at radius 2 is 1.86 bits per heavy atom. The zero-order chi connectivity index (χ0) is 15.1. The predicted molar refractivity (Wildman–Crippen MR) is 85.0 cm³/mol. The summed E-state index contributed by atoms with van der Waals surface area (Å²) in [6.45, 7) is 2.05. The molecule has 0 saturated heterocycles. The van der Waals surface area contributed by atoms with Gasteiger partial charge in [0.15, 0.2) is 11.5 Å². The highest BCUT2D eigenvalue weighted by Crippen LogP contribution is 2.23. The molecular formula is C17H14N4O. The molecule has 0 saturated carbocycles. The highest BCUT2D eigenvalue weighted by atomic mass is 16.5. The van der Waals surface area contributed by atoms with Gasteiger partial charge in [0.25, 0.3) is 0 Å². The maximum Gasteiger partial charge on any atom is 0.182 e. The summed E-state index contributed by atoms with van der Waals surface area (Å²) in [5.41, 5.74) is 3.88. The van der Waals surface area contributed by atoms with Gasteiger partial charge in [-0.2, -0.15) is 0 Å². The lowest BCUT2D eigenvalue weighted by Crippen LogP contribution is -1.91. The average Bonchev–Trinajstić information content (AvgIpc) is 2.99. The molecule has 2 aromatic heterocycles. The molecular weight excluding hydrogens is 276 g/mol. The van der Waals surface area contributed by atoms with Crippen molar-refractivity contribution in [2.75, 3.05) is 7.11 Å². The molecule has 108 valence electrons. The van der Waals surface area contributed by atoms with Gasteiger partial charge in [-0.25, -0.2) is 14.5 Å². The molecule has 0 bridgehead atoms. The lowest BCUT2D eigenvalue weighted by Gasteiger charge is -1.99. The molecule has 0 fully saturated rings. The number of aromatic nitrogens is 4. The molecule has 4 rings (SSSR count). The van der Waals surface area contributed by atoms with Crippen molar-refractivity contribution in [2.45, 2.75) is 6.92 Å². The lowest BCUT2D eigenvalue weighted by atomic mass is 10.2. The summed E-state index contributed by atoms with van der Waals surface area (Å²) in [4.78, 5) is 9.11. The normalized spacial score (nSPS) is 11.2. The molecule has 22 heavy (non-hydrogen) atoms. The van der Waals surface area contributed by atoms with Crippen LogP contribution in [0, 0.1) is 6.92 Å². The second-order valence-corrected chi connectivity index (χ2v) is 5.20. The molecule has 0 atom stereocenters. The van der Waals surface area contributed by atoms with E-state index >= 15 is 0 Å². The van der Waals surface area contributed by atoms with Crippen molar-refractivity contribution in [3.8, 4) is 17.1 Å². The Hall–Kier alpha value is -2.95. The van der Waals surface area contributed by atoms with Gasteiger partial charge in [0.1, 0.15) is 12.1 Å². The van der Waals surface area contributed by atoms with Crippen LogP contribution in [0.2, 0.25) is 0 Å². The van der Waals surface area contributed by atoms with Crippen LogP contribution in [0.5, 0.6) is 5.75 Å². The van der Waals surface area contributed by atoms with Gasteiger partial charge in [0, 0.05) is 10.9 Å². The van der Waals surface area contributed by atoms with Gasteiger partial charge < -0.3 is 4.74 Å². The monoisotopic (exact) mass is 290 g/mol. The minimum atomic E-state index is 0.678. The number of hydrogen-bond donors (Lipinski definition) is 0.